The number of nitro benzene ring substituents is 1. The van der Waals surface area contributed by atoms with E-state index in [1.807, 2.05) is 31.2 Å². The molecule has 3 N–H and O–H groups in total. The predicted octanol–water partition coefficient (Wildman–Crippen LogP) is 4.21. The number of amides is 3. The topological polar surface area (TPSA) is 139 Å². The number of urea groups is 1. The second-order valence-electron chi connectivity index (χ2n) is 7.40. The van der Waals surface area contributed by atoms with Crippen LogP contribution in [0, 0.1) is 23.0 Å². The van der Waals surface area contributed by atoms with Gasteiger partial charge in [0.15, 0.2) is 0 Å². The molecular formula is C21H22N6O4S. The maximum absolute atomic E-state index is 12.8. The number of aromatic nitrogens is 2. The van der Waals surface area contributed by atoms with Crippen molar-refractivity contribution in [3.63, 3.8) is 0 Å². The number of nitrogens with one attached hydrogen (secondary N) is 3. The molecule has 1 heterocycles. The molecule has 0 radical (unpaired) electrons. The van der Waals surface area contributed by atoms with Gasteiger partial charge in [0.25, 0.3) is 5.69 Å². The number of hydrogen-bond acceptors (Lipinski definition) is 7. The summed E-state index contributed by atoms with van der Waals surface area (Å²) in [6, 6.07) is 11.7. The standard InChI is InChI=1S/C21H22N6O4S/c1-12(2)17(23-20(29)22-15-7-9-16(10-8-15)27(30)31)18(28)24-21-26-25-19(32-21)14-6-4-5-13(3)11-14/h4-12,17H,1-3H3,(H2,22,23,29)(H,24,26,28)/t17-/m1/s1. The molecule has 1 atom stereocenters. The first kappa shape index (κ1) is 22.8. The van der Waals surface area contributed by atoms with Crippen molar-refractivity contribution >= 4 is 39.8 Å². The molecule has 0 aliphatic heterocycles. The summed E-state index contributed by atoms with van der Waals surface area (Å²) in [5.74, 6) is -0.632. The monoisotopic (exact) mass is 454 g/mol. The van der Waals surface area contributed by atoms with Gasteiger partial charge >= 0.3 is 6.03 Å². The number of benzene rings is 2. The lowest BCUT2D eigenvalue weighted by molar-refractivity contribution is -0.384. The lowest BCUT2D eigenvalue weighted by atomic mass is 10.0. The minimum atomic E-state index is -0.834. The summed E-state index contributed by atoms with van der Waals surface area (Å²) in [6.07, 6.45) is 0. The van der Waals surface area contributed by atoms with E-state index in [9.17, 15) is 19.7 Å². The van der Waals surface area contributed by atoms with E-state index >= 15 is 0 Å². The SMILES string of the molecule is Cc1cccc(-c2nnc(NC(=O)[C@H](NC(=O)Nc3ccc([N+](=O)[O-])cc3)C(C)C)s2)c1. The van der Waals surface area contributed by atoms with Crippen LogP contribution in [-0.4, -0.2) is 33.1 Å². The second-order valence-corrected chi connectivity index (χ2v) is 8.37. The maximum Gasteiger partial charge on any atom is 0.319 e. The Bertz CT molecular complexity index is 1130. The van der Waals surface area contributed by atoms with E-state index in [4.69, 9.17) is 0 Å². The molecule has 0 spiro atoms. The molecule has 0 saturated carbocycles. The number of carbonyl (C=O) groups excluding carboxylic acids is 2. The van der Waals surface area contributed by atoms with Gasteiger partial charge in [-0.25, -0.2) is 4.79 Å². The Balaban J connectivity index is 1.63. The highest BCUT2D eigenvalue weighted by Crippen LogP contribution is 2.27. The molecule has 1 aromatic heterocycles. The molecule has 0 aliphatic carbocycles. The maximum atomic E-state index is 12.8. The van der Waals surface area contributed by atoms with Gasteiger partial charge in [-0.15, -0.1) is 10.2 Å². The van der Waals surface area contributed by atoms with Gasteiger partial charge in [0.1, 0.15) is 11.0 Å². The number of aryl methyl sites for hydroxylation is 1. The number of nitro groups is 1. The molecule has 3 amide bonds. The summed E-state index contributed by atoms with van der Waals surface area (Å²) in [6.45, 7) is 5.58. The van der Waals surface area contributed by atoms with Crippen LogP contribution in [0.25, 0.3) is 10.6 Å². The van der Waals surface area contributed by atoms with Crippen molar-refractivity contribution in [2.24, 2.45) is 5.92 Å². The van der Waals surface area contributed by atoms with Gasteiger partial charge in [0.05, 0.1) is 4.92 Å². The van der Waals surface area contributed by atoms with Crippen LogP contribution in [0.3, 0.4) is 0 Å². The van der Waals surface area contributed by atoms with E-state index in [1.165, 1.54) is 35.6 Å². The zero-order valence-corrected chi connectivity index (χ0v) is 18.5. The molecule has 0 unspecified atom stereocenters. The van der Waals surface area contributed by atoms with Crippen LogP contribution >= 0.6 is 11.3 Å². The van der Waals surface area contributed by atoms with E-state index in [-0.39, 0.29) is 11.6 Å². The smallest absolute Gasteiger partial charge is 0.319 e. The lowest BCUT2D eigenvalue weighted by Crippen LogP contribution is -2.48. The van der Waals surface area contributed by atoms with Gasteiger partial charge in [-0.3, -0.25) is 20.2 Å². The highest BCUT2D eigenvalue weighted by atomic mass is 32.1. The molecule has 166 valence electrons. The van der Waals surface area contributed by atoms with Gasteiger partial charge < -0.3 is 10.6 Å². The van der Waals surface area contributed by atoms with Crippen molar-refractivity contribution in [3.05, 3.63) is 64.2 Å². The fraction of sp³-hybridized carbons (Fsp3) is 0.238. The average molecular weight is 455 g/mol. The number of hydrogen-bond donors (Lipinski definition) is 3. The van der Waals surface area contributed by atoms with Crippen LogP contribution in [0.2, 0.25) is 0 Å². The van der Waals surface area contributed by atoms with E-state index in [1.54, 1.807) is 13.8 Å². The number of nitrogens with zero attached hydrogens (tertiary/aromatic N) is 3. The van der Waals surface area contributed by atoms with Crippen LogP contribution in [0.15, 0.2) is 48.5 Å². The van der Waals surface area contributed by atoms with Crippen molar-refractivity contribution < 1.29 is 14.5 Å². The Morgan fingerprint density at radius 2 is 1.78 bits per heavy atom. The zero-order valence-electron chi connectivity index (χ0n) is 17.7. The van der Waals surface area contributed by atoms with Crippen LogP contribution in [0.5, 0.6) is 0 Å². The quantitative estimate of drug-likeness (QED) is 0.361. The van der Waals surface area contributed by atoms with Crippen molar-refractivity contribution in [1.82, 2.24) is 15.5 Å². The first-order valence-electron chi connectivity index (χ1n) is 9.76. The molecule has 11 heteroatoms. The highest BCUT2D eigenvalue weighted by Gasteiger charge is 2.25. The number of anilines is 2. The third-order valence-corrected chi connectivity index (χ3v) is 5.38. The van der Waals surface area contributed by atoms with Crippen molar-refractivity contribution in [1.29, 1.82) is 0 Å². The number of carbonyl (C=O) groups is 2. The number of non-ortho nitro benzene ring substituents is 1. The van der Waals surface area contributed by atoms with Crippen LogP contribution in [-0.2, 0) is 4.79 Å². The molecule has 32 heavy (non-hydrogen) atoms. The Kier molecular flexibility index (Phi) is 7.11. The largest absolute Gasteiger partial charge is 0.326 e. The van der Waals surface area contributed by atoms with Gasteiger partial charge in [0.2, 0.25) is 11.0 Å². The van der Waals surface area contributed by atoms with E-state index in [0.29, 0.717) is 15.8 Å². The Morgan fingerprint density at radius 1 is 1.06 bits per heavy atom. The summed E-state index contributed by atoms with van der Waals surface area (Å²) in [4.78, 5) is 35.3. The van der Waals surface area contributed by atoms with Gasteiger partial charge in [0, 0.05) is 23.4 Å². The molecule has 0 saturated heterocycles. The summed E-state index contributed by atoms with van der Waals surface area (Å²) in [5.41, 5.74) is 2.27. The summed E-state index contributed by atoms with van der Waals surface area (Å²) in [7, 11) is 0. The third kappa shape index (κ3) is 5.85. The fourth-order valence-corrected chi connectivity index (χ4v) is 3.60. The lowest BCUT2D eigenvalue weighted by Gasteiger charge is -2.21. The molecule has 3 rings (SSSR count). The van der Waals surface area contributed by atoms with E-state index < -0.39 is 22.9 Å². The van der Waals surface area contributed by atoms with Crippen molar-refractivity contribution in [2.75, 3.05) is 10.6 Å². The van der Waals surface area contributed by atoms with Crippen LogP contribution in [0.4, 0.5) is 21.3 Å². The molecule has 0 fully saturated rings. The van der Waals surface area contributed by atoms with Gasteiger partial charge in [-0.2, -0.15) is 0 Å². The number of rotatable bonds is 7. The van der Waals surface area contributed by atoms with E-state index in [2.05, 4.69) is 26.1 Å². The van der Waals surface area contributed by atoms with Crippen LogP contribution < -0.4 is 16.0 Å². The fourth-order valence-electron chi connectivity index (χ4n) is 2.86. The minimum absolute atomic E-state index is 0.0857. The highest BCUT2D eigenvalue weighted by molar-refractivity contribution is 7.18. The molecule has 0 aliphatic rings. The minimum Gasteiger partial charge on any atom is -0.326 e. The summed E-state index contributed by atoms with van der Waals surface area (Å²) in [5, 5.41) is 27.8. The Labute approximate surface area is 188 Å². The molecule has 2 aromatic carbocycles. The third-order valence-electron chi connectivity index (χ3n) is 4.49. The van der Waals surface area contributed by atoms with Crippen LogP contribution in [0.1, 0.15) is 19.4 Å². The molecule has 0 bridgehead atoms. The molecular weight excluding hydrogens is 432 g/mol. The first-order valence-corrected chi connectivity index (χ1v) is 10.6. The zero-order chi connectivity index (χ0) is 23.3. The molecule has 10 nitrogen and oxygen atoms in total. The predicted molar refractivity (Wildman–Crippen MR) is 123 cm³/mol. The van der Waals surface area contributed by atoms with Gasteiger partial charge in [-0.05, 0) is 31.0 Å². The normalized spacial score (nSPS) is 11.6. The summed E-state index contributed by atoms with van der Waals surface area (Å²) >= 11 is 1.24. The van der Waals surface area contributed by atoms with Crippen molar-refractivity contribution in [3.8, 4) is 10.6 Å². The Hall–Kier alpha value is -3.86. The summed E-state index contributed by atoms with van der Waals surface area (Å²) < 4.78 is 0. The second kappa shape index (κ2) is 9.96. The van der Waals surface area contributed by atoms with Crippen molar-refractivity contribution in [2.45, 2.75) is 26.8 Å². The molecule has 3 aromatic rings. The first-order chi connectivity index (χ1) is 15.2. The Morgan fingerprint density at radius 3 is 2.41 bits per heavy atom. The van der Waals surface area contributed by atoms with E-state index in [0.717, 1.165) is 11.1 Å². The van der Waals surface area contributed by atoms with Gasteiger partial charge in [-0.1, -0.05) is 48.9 Å². The average Bonchev–Trinajstić information content (AvgIpc) is 3.20.